The molecule has 2 atom stereocenters. The molecule has 87 valence electrons. The minimum Gasteiger partial charge on any atom is -0.378 e. The van der Waals surface area contributed by atoms with Crippen LogP contribution in [-0.4, -0.2) is 25.4 Å². The third-order valence-electron chi connectivity index (χ3n) is 3.41. The van der Waals surface area contributed by atoms with Gasteiger partial charge < -0.3 is 9.47 Å². The first-order valence-corrected chi connectivity index (χ1v) is 6.52. The van der Waals surface area contributed by atoms with Crippen LogP contribution in [0, 0.1) is 6.42 Å². The molecule has 0 saturated carbocycles. The molecular formula is C13H23O2. The Morgan fingerprint density at radius 2 is 1.73 bits per heavy atom. The van der Waals surface area contributed by atoms with Crippen molar-refractivity contribution in [2.45, 2.75) is 63.6 Å². The fraction of sp³-hybridized carbons (Fsp3) is 0.923. The van der Waals surface area contributed by atoms with Crippen LogP contribution in [0.1, 0.15) is 51.4 Å². The molecule has 0 aromatic carbocycles. The third kappa shape index (κ3) is 4.12. The van der Waals surface area contributed by atoms with Gasteiger partial charge in [0, 0.05) is 13.2 Å². The Bertz CT molecular complexity index is 140. The van der Waals surface area contributed by atoms with Crippen LogP contribution in [0.25, 0.3) is 0 Å². The molecule has 2 heteroatoms. The highest BCUT2D eigenvalue weighted by molar-refractivity contribution is 4.80. The summed E-state index contributed by atoms with van der Waals surface area (Å²) >= 11 is 0. The van der Waals surface area contributed by atoms with E-state index in [1.54, 1.807) is 0 Å². The van der Waals surface area contributed by atoms with Crippen LogP contribution >= 0.6 is 0 Å². The van der Waals surface area contributed by atoms with E-state index in [0.717, 1.165) is 19.6 Å². The number of hydrogen-bond acceptors (Lipinski definition) is 2. The molecular weight excluding hydrogens is 188 g/mol. The van der Waals surface area contributed by atoms with Gasteiger partial charge in [-0.3, -0.25) is 0 Å². The summed E-state index contributed by atoms with van der Waals surface area (Å²) in [5, 5.41) is 0. The zero-order valence-electron chi connectivity index (χ0n) is 9.62. The lowest BCUT2D eigenvalue weighted by molar-refractivity contribution is 0.00623. The van der Waals surface area contributed by atoms with E-state index < -0.39 is 0 Å². The molecule has 2 aliphatic rings. The van der Waals surface area contributed by atoms with Gasteiger partial charge >= 0.3 is 0 Å². The van der Waals surface area contributed by atoms with Crippen molar-refractivity contribution in [3.63, 3.8) is 0 Å². The zero-order valence-corrected chi connectivity index (χ0v) is 9.62. The van der Waals surface area contributed by atoms with Crippen molar-refractivity contribution in [2.75, 3.05) is 13.2 Å². The number of ether oxygens (including phenoxy) is 2. The van der Waals surface area contributed by atoms with Crippen LogP contribution in [-0.2, 0) is 9.47 Å². The van der Waals surface area contributed by atoms with E-state index in [1.807, 2.05) is 0 Å². The van der Waals surface area contributed by atoms with Gasteiger partial charge in [0.2, 0.25) is 0 Å². The monoisotopic (exact) mass is 211 g/mol. The molecule has 0 aromatic heterocycles. The Hall–Kier alpha value is -0.0800. The molecule has 0 aliphatic carbocycles. The zero-order chi connectivity index (χ0) is 10.3. The Morgan fingerprint density at radius 3 is 2.40 bits per heavy atom. The lowest BCUT2D eigenvalue weighted by Gasteiger charge is -2.25. The Labute approximate surface area is 93.3 Å². The van der Waals surface area contributed by atoms with Crippen molar-refractivity contribution in [1.29, 1.82) is 0 Å². The maximum Gasteiger partial charge on any atom is 0.0606 e. The van der Waals surface area contributed by atoms with Gasteiger partial charge in [-0.25, -0.2) is 0 Å². The predicted octanol–water partition coefficient (Wildman–Crippen LogP) is 3.11. The van der Waals surface area contributed by atoms with Crippen LogP contribution < -0.4 is 0 Å². The second-order valence-corrected chi connectivity index (χ2v) is 4.71. The maximum absolute atomic E-state index is 5.71. The highest BCUT2D eigenvalue weighted by Gasteiger charge is 2.16. The van der Waals surface area contributed by atoms with Crippen molar-refractivity contribution in [2.24, 2.45) is 0 Å². The van der Waals surface area contributed by atoms with E-state index in [0.29, 0.717) is 12.2 Å². The quantitative estimate of drug-likeness (QED) is 0.711. The molecule has 0 N–H and O–H groups in total. The molecule has 0 amide bonds. The summed E-state index contributed by atoms with van der Waals surface area (Å²) in [7, 11) is 0. The fourth-order valence-corrected chi connectivity index (χ4v) is 2.45. The number of rotatable bonds is 4. The van der Waals surface area contributed by atoms with Gasteiger partial charge in [0.05, 0.1) is 12.2 Å². The minimum atomic E-state index is 0.433. The van der Waals surface area contributed by atoms with E-state index in [1.165, 1.54) is 44.9 Å². The smallest absolute Gasteiger partial charge is 0.0606 e. The number of hydrogen-bond donors (Lipinski definition) is 0. The summed E-state index contributed by atoms with van der Waals surface area (Å²) in [6.07, 6.45) is 13.4. The largest absolute Gasteiger partial charge is 0.378 e. The molecule has 0 aromatic rings. The maximum atomic E-state index is 5.71. The Kier molecular flexibility index (Phi) is 4.94. The van der Waals surface area contributed by atoms with Crippen LogP contribution in [0.5, 0.6) is 0 Å². The lowest BCUT2D eigenvalue weighted by atomic mass is 9.99. The second kappa shape index (κ2) is 6.49. The molecule has 2 nitrogen and oxygen atoms in total. The van der Waals surface area contributed by atoms with E-state index in [9.17, 15) is 0 Å². The summed E-state index contributed by atoms with van der Waals surface area (Å²) < 4.78 is 11.4. The molecule has 2 aliphatic heterocycles. The molecule has 0 spiro atoms. The molecule has 2 unspecified atom stereocenters. The van der Waals surface area contributed by atoms with Gasteiger partial charge in [0.15, 0.2) is 0 Å². The summed E-state index contributed by atoms with van der Waals surface area (Å²) in [6.45, 7) is 1.94. The van der Waals surface area contributed by atoms with Gasteiger partial charge in [-0.2, -0.15) is 0 Å². The van der Waals surface area contributed by atoms with Crippen molar-refractivity contribution >= 4 is 0 Å². The molecule has 2 rings (SSSR count). The molecule has 0 bridgehead atoms. The second-order valence-electron chi connectivity index (χ2n) is 4.71. The van der Waals surface area contributed by atoms with E-state index in [2.05, 4.69) is 6.42 Å². The average Bonchev–Trinajstić information content (AvgIpc) is 2.32. The average molecular weight is 211 g/mol. The van der Waals surface area contributed by atoms with Crippen molar-refractivity contribution < 1.29 is 9.47 Å². The van der Waals surface area contributed by atoms with Gasteiger partial charge in [0.25, 0.3) is 0 Å². The summed E-state index contributed by atoms with van der Waals surface area (Å²) in [4.78, 5) is 0. The van der Waals surface area contributed by atoms with Gasteiger partial charge in [-0.15, -0.1) is 0 Å². The van der Waals surface area contributed by atoms with Gasteiger partial charge in [-0.05, 0) is 57.8 Å². The Balaban J connectivity index is 1.53. The van der Waals surface area contributed by atoms with E-state index >= 15 is 0 Å². The van der Waals surface area contributed by atoms with Crippen LogP contribution in [0.2, 0.25) is 0 Å². The molecule has 2 saturated heterocycles. The fourth-order valence-electron chi connectivity index (χ4n) is 2.45. The van der Waals surface area contributed by atoms with Crippen molar-refractivity contribution in [3.8, 4) is 0 Å². The van der Waals surface area contributed by atoms with Crippen molar-refractivity contribution in [3.05, 3.63) is 6.42 Å². The first-order valence-electron chi connectivity index (χ1n) is 6.52. The van der Waals surface area contributed by atoms with Gasteiger partial charge in [0.1, 0.15) is 0 Å². The van der Waals surface area contributed by atoms with E-state index in [4.69, 9.17) is 9.47 Å². The lowest BCUT2D eigenvalue weighted by Crippen LogP contribution is -2.22. The predicted molar refractivity (Wildman–Crippen MR) is 60.7 cm³/mol. The first-order chi connectivity index (χ1) is 7.45. The summed E-state index contributed by atoms with van der Waals surface area (Å²) in [5.74, 6) is 0. The molecule has 2 heterocycles. The summed E-state index contributed by atoms with van der Waals surface area (Å²) in [6, 6.07) is 0. The standard InChI is InChI=1S/C13H23O2/c1-3-10-14-12(6-1)8-5-9-13-7-2-4-11-15-13/h8,12-13H,1-7,9-11H2. The molecule has 2 fully saturated rings. The highest BCUT2D eigenvalue weighted by atomic mass is 16.5. The van der Waals surface area contributed by atoms with Crippen molar-refractivity contribution in [1.82, 2.24) is 0 Å². The van der Waals surface area contributed by atoms with Crippen LogP contribution in [0.15, 0.2) is 0 Å². The summed E-state index contributed by atoms with van der Waals surface area (Å²) in [5.41, 5.74) is 0. The third-order valence-corrected chi connectivity index (χ3v) is 3.41. The highest BCUT2D eigenvalue weighted by Crippen LogP contribution is 2.21. The molecule has 1 radical (unpaired) electrons. The normalized spacial score (nSPS) is 32.8. The topological polar surface area (TPSA) is 18.5 Å². The minimum absolute atomic E-state index is 0.433. The van der Waals surface area contributed by atoms with Gasteiger partial charge in [-0.1, -0.05) is 0 Å². The van der Waals surface area contributed by atoms with Crippen LogP contribution in [0.4, 0.5) is 0 Å². The van der Waals surface area contributed by atoms with E-state index in [-0.39, 0.29) is 0 Å². The first kappa shape index (κ1) is 11.4. The SMILES string of the molecule is [CH](CCC1CCCCO1)C1CCCCO1. The Morgan fingerprint density at radius 1 is 0.933 bits per heavy atom. The van der Waals surface area contributed by atoms with Crippen LogP contribution in [0.3, 0.4) is 0 Å². The molecule has 15 heavy (non-hydrogen) atoms.